The Bertz CT molecular complexity index is 646. The highest BCUT2D eigenvalue weighted by Gasteiger charge is 2.11. The first-order valence-electron chi connectivity index (χ1n) is 5.73. The van der Waals surface area contributed by atoms with Gasteiger partial charge in [0.15, 0.2) is 11.5 Å². The van der Waals surface area contributed by atoms with Crippen molar-refractivity contribution in [1.82, 2.24) is 19.9 Å². The number of rotatable bonds is 5. The molecule has 0 bridgehead atoms. The molecule has 100 valence electrons. The molecule has 19 heavy (non-hydrogen) atoms. The Labute approximate surface area is 107 Å². The monoisotopic (exact) mass is 264 g/mol. The van der Waals surface area contributed by atoms with E-state index >= 15 is 0 Å². The van der Waals surface area contributed by atoms with Crippen molar-refractivity contribution in [2.45, 2.75) is 26.3 Å². The number of hydrogen-bond donors (Lipinski definition) is 1. The first-order chi connectivity index (χ1) is 9.10. The summed E-state index contributed by atoms with van der Waals surface area (Å²) in [7, 11) is 0. The molecular weight excluding hydrogens is 252 g/mol. The first kappa shape index (κ1) is 12.9. The largest absolute Gasteiger partial charge is 0.476 e. The van der Waals surface area contributed by atoms with Crippen molar-refractivity contribution in [2.75, 3.05) is 0 Å². The second kappa shape index (κ2) is 5.42. The summed E-state index contributed by atoms with van der Waals surface area (Å²) in [6.07, 6.45) is 1.53. The Kier molecular flexibility index (Phi) is 3.69. The zero-order valence-electron chi connectivity index (χ0n) is 10.2. The van der Waals surface area contributed by atoms with E-state index in [0.29, 0.717) is 18.1 Å². The minimum Gasteiger partial charge on any atom is -0.476 e. The van der Waals surface area contributed by atoms with Crippen molar-refractivity contribution in [3.63, 3.8) is 0 Å². The molecule has 2 heterocycles. The van der Waals surface area contributed by atoms with Crippen LogP contribution < -0.4 is 5.56 Å². The van der Waals surface area contributed by atoms with Gasteiger partial charge in [-0.25, -0.2) is 9.48 Å². The van der Waals surface area contributed by atoms with Crippen molar-refractivity contribution in [3.8, 4) is 0 Å². The molecule has 0 saturated heterocycles. The molecule has 0 aliphatic carbocycles. The van der Waals surface area contributed by atoms with Crippen LogP contribution in [0.15, 0.2) is 21.5 Å². The number of carboxylic acid groups (broad SMARTS) is 1. The van der Waals surface area contributed by atoms with Gasteiger partial charge in [0.1, 0.15) is 6.54 Å². The molecule has 0 aromatic carbocycles. The summed E-state index contributed by atoms with van der Waals surface area (Å²) in [5.41, 5.74) is -0.635. The molecule has 1 N–H and O–H groups in total. The molecular formula is C11H12N4O4. The van der Waals surface area contributed by atoms with Crippen LogP contribution in [0.4, 0.5) is 0 Å². The number of aromatic nitrogens is 4. The molecule has 2 aromatic heterocycles. The molecule has 0 saturated carbocycles. The van der Waals surface area contributed by atoms with Gasteiger partial charge in [0.25, 0.3) is 5.56 Å². The summed E-state index contributed by atoms with van der Waals surface area (Å²) in [6.45, 7) is 1.96. The zero-order valence-corrected chi connectivity index (χ0v) is 10.2. The lowest BCUT2D eigenvalue weighted by molar-refractivity contribution is 0.0687. The molecule has 0 aliphatic heterocycles. The highest BCUT2D eigenvalue weighted by atomic mass is 16.5. The van der Waals surface area contributed by atoms with Crippen LogP contribution in [-0.2, 0) is 13.0 Å². The smallest absolute Gasteiger partial charge is 0.356 e. The molecule has 0 amide bonds. The van der Waals surface area contributed by atoms with E-state index in [1.54, 1.807) is 0 Å². The minimum atomic E-state index is -1.20. The predicted molar refractivity (Wildman–Crippen MR) is 62.9 cm³/mol. The van der Waals surface area contributed by atoms with E-state index in [2.05, 4.69) is 15.2 Å². The molecule has 0 spiro atoms. The molecule has 8 heteroatoms. The van der Waals surface area contributed by atoms with Crippen molar-refractivity contribution >= 4 is 5.97 Å². The van der Waals surface area contributed by atoms with Crippen molar-refractivity contribution in [3.05, 3.63) is 39.9 Å². The second-order valence-electron chi connectivity index (χ2n) is 3.87. The van der Waals surface area contributed by atoms with Gasteiger partial charge in [0.2, 0.25) is 5.89 Å². The Morgan fingerprint density at radius 2 is 2.26 bits per heavy atom. The first-order valence-corrected chi connectivity index (χ1v) is 5.73. The Balaban J connectivity index is 2.24. The maximum Gasteiger partial charge on any atom is 0.356 e. The van der Waals surface area contributed by atoms with Gasteiger partial charge in [0.05, 0.1) is 0 Å². The van der Waals surface area contributed by atoms with E-state index in [1.165, 1.54) is 0 Å². The average molecular weight is 264 g/mol. The highest BCUT2D eigenvalue weighted by Crippen LogP contribution is 2.01. The van der Waals surface area contributed by atoms with Crippen LogP contribution in [0.5, 0.6) is 0 Å². The fourth-order valence-electron chi connectivity index (χ4n) is 1.48. The third-order valence-corrected chi connectivity index (χ3v) is 2.35. The zero-order chi connectivity index (χ0) is 13.8. The molecule has 2 rings (SSSR count). The Morgan fingerprint density at radius 3 is 2.95 bits per heavy atom. The van der Waals surface area contributed by atoms with Gasteiger partial charge in [-0.3, -0.25) is 4.79 Å². The van der Waals surface area contributed by atoms with Crippen molar-refractivity contribution < 1.29 is 14.4 Å². The third kappa shape index (κ3) is 3.03. The Hall–Kier alpha value is -2.51. The quantitative estimate of drug-likeness (QED) is 0.827. The Morgan fingerprint density at radius 1 is 1.47 bits per heavy atom. The summed E-state index contributed by atoms with van der Waals surface area (Å²) in [6, 6.07) is 2.30. The van der Waals surface area contributed by atoms with Crippen molar-refractivity contribution in [1.29, 1.82) is 0 Å². The fraction of sp³-hybridized carbons (Fsp3) is 0.364. The van der Waals surface area contributed by atoms with Gasteiger partial charge in [-0.2, -0.15) is 10.1 Å². The highest BCUT2D eigenvalue weighted by molar-refractivity contribution is 5.84. The molecule has 0 atom stereocenters. The predicted octanol–water partition coefficient (Wildman–Crippen LogP) is 0.325. The summed E-state index contributed by atoms with van der Waals surface area (Å²) >= 11 is 0. The molecule has 0 aliphatic rings. The van der Waals surface area contributed by atoms with Gasteiger partial charge in [0, 0.05) is 12.5 Å². The number of carbonyl (C=O) groups is 1. The van der Waals surface area contributed by atoms with Crippen LogP contribution in [0.1, 0.15) is 35.5 Å². The fourth-order valence-corrected chi connectivity index (χ4v) is 1.48. The molecule has 2 aromatic rings. The molecule has 8 nitrogen and oxygen atoms in total. The third-order valence-electron chi connectivity index (χ3n) is 2.35. The van der Waals surface area contributed by atoms with Crippen molar-refractivity contribution in [2.24, 2.45) is 0 Å². The van der Waals surface area contributed by atoms with E-state index in [4.69, 9.17) is 9.63 Å². The van der Waals surface area contributed by atoms with Gasteiger partial charge in [-0.15, -0.1) is 0 Å². The molecule has 0 radical (unpaired) electrons. The van der Waals surface area contributed by atoms with E-state index in [-0.39, 0.29) is 12.2 Å². The van der Waals surface area contributed by atoms with Crippen LogP contribution in [0, 0.1) is 0 Å². The summed E-state index contributed by atoms with van der Waals surface area (Å²) < 4.78 is 5.96. The lowest BCUT2D eigenvalue weighted by Crippen LogP contribution is -2.25. The van der Waals surface area contributed by atoms with Gasteiger partial charge < -0.3 is 9.63 Å². The average Bonchev–Trinajstić information content (AvgIpc) is 2.80. The van der Waals surface area contributed by atoms with Gasteiger partial charge in [-0.1, -0.05) is 12.1 Å². The summed E-state index contributed by atoms with van der Waals surface area (Å²) in [4.78, 5) is 26.4. The number of carboxylic acids is 1. The number of nitrogens with zero attached hydrogens (tertiary/aromatic N) is 4. The maximum atomic E-state index is 11.6. The van der Waals surface area contributed by atoms with E-state index in [1.807, 2.05) is 6.92 Å². The van der Waals surface area contributed by atoms with Crippen LogP contribution >= 0.6 is 0 Å². The van der Waals surface area contributed by atoms with E-state index in [0.717, 1.165) is 23.2 Å². The topological polar surface area (TPSA) is 111 Å². The maximum absolute atomic E-state index is 11.6. The van der Waals surface area contributed by atoms with Gasteiger partial charge >= 0.3 is 5.97 Å². The summed E-state index contributed by atoms with van der Waals surface area (Å²) in [5.74, 6) is -0.422. The number of hydrogen-bond acceptors (Lipinski definition) is 6. The number of aryl methyl sites for hydroxylation is 1. The summed E-state index contributed by atoms with van der Waals surface area (Å²) in [5, 5.41) is 16.2. The minimum absolute atomic E-state index is 0.0207. The number of aromatic carboxylic acids is 1. The van der Waals surface area contributed by atoms with Crippen LogP contribution in [0.2, 0.25) is 0 Å². The lowest BCUT2D eigenvalue weighted by Gasteiger charge is -2.01. The SMILES string of the molecule is CCCc1nc(Cn2nc(C(=O)O)ccc2=O)no1. The lowest BCUT2D eigenvalue weighted by atomic mass is 10.3. The van der Waals surface area contributed by atoms with Gasteiger partial charge in [-0.05, 0) is 12.5 Å². The van der Waals surface area contributed by atoms with E-state index in [9.17, 15) is 9.59 Å². The second-order valence-corrected chi connectivity index (χ2v) is 3.87. The van der Waals surface area contributed by atoms with Crippen LogP contribution in [-0.4, -0.2) is 31.0 Å². The standard InChI is InChI=1S/C11H12N4O4/c1-2-3-9-12-8(14-19-9)6-15-10(16)5-4-7(13-15)11(17)18/h4-5H,2-3,6H2,1H3,(H,17,18). The van der Waals surface area contributed by atoms with Crippen LogP contribution in [0.3, 0.4) is 0 Å². The van der Waals surface area contributed by atoms with Crippen LogP contribution in [0.25, 0.3) is 0 Å². The molecule has 0 unspecified atom stereocenters. The normalized spacial score (nSPS) is 10.6. The van der Waals surface area contributed by atoms with E-state index < -0.39 is 11.5 Å². The molecule has 0 fully saturated rings.